The summed E-state index contributed by atoms with van der Waals surface area (Å²) in [6, 6.07) is 6.15. The van der Waals surface area contributed by atoms with E-state index in [2.05, 4.69) is 32.6 Å². The van der Waals surface area contributed by atoms with E-state index in [-0.39, 0.29) is 5.78 Å². The minimum Gasteiger partial charge on any atom is -0.350 e. The van der Waals surface area contributed by atoms with Gasteiger partial charge >= 0.3 is 0 Å². The average Bonchev–Trinajstić information content (AvgIpc) is 2.46. The van der Waals surface area contributed by atoms with E-state index in [0.717, 1.165) is 10.0 Å². The topological polar surface area (TPSA) is 22.0 Å². The first-order valence-corrected chi connectivity index (χ1v) is 5.60. The van der Waals surface area contributed by atoms with Gasteiger partial charge in [-0.1, -0.05) is 0 Å². The van der Waals surface area contributed by atoms with Crippen LogP contribution < -0.4 is 0 Å². The highest BCUT2D eigenvalue weighted by atomic mass is 79.9. The first-order chi connectivity index (χ1) is 7.08. The molecule has 1 aromatic carbocycles. The normalized spacial score (nSPS) is 10.9. The minimum atomic E-state index is 0.192. The van der Waals surface area contributed by atoms with Crippen molar-refractivity contribution in [3.63, 3.8) is 0 Å². The van der Waals surface area contributed by atoms with Crippen LogP contribution in [0.4, 0.5) is 0 Å². The zero-order valence-electron chi connectivity index (χ0n) is 8.75. The third kappa shape index (κ3) is 1.97. The van der Waals surface area contributed by atoms with Gasteiger partial charge in [0.25, 0.3) is 0 Å². The van der Waals surface area contributed by atoms with E-state index in [1.165, 1.54) is 10.9 Å². The van der Waals surface area contributed by atoms with Gasteiger partial charge in [-0.2, -0.15) is 0 Å². The maximum absolute atomic E-state index is 11.0. The molecule has 0 radical (unpaired) electrons. The zero-order valence-corrected chi connectivity index (χ0v) is 10.3. The molecule has 2 nitrogen and oxygen atoms in total. The maximum Gasteiger partial charge on any atom is 0.134 e. The molecular formula is C12H12BrNO. The van der Waals surface area contributed by atoms with Gasteiger partial charge in [-0.3, -0.25) is 4.79 Å². The van der Waals surface area contributed by atoms with Crippen molar-refractivity contribution < 1.29 is 4.79 Å². The van der Waals surface area contributed by atoms with Gasteiger partial charge in [0.1, 0.15) is 5.78 Å². The molecule has 15 heavy (non-hydrogen) atoms. The summed E-state index contributed by atoms with van der Waals surface area (Å²) in [6.07, 6.45) is 2.52. The van der Waals surface area contributed by atoms with E-state index in [1.807, 2.05) is 19.3 Å². The van der Waals surface area contributed by atoms with Crippen molar-refractivity contribution in [1.82, 2.24) is 4.57 Å². The second-order valence-electron chi connectivity index (χ2n) is 3.82. The number of nitrogens with zero attached hydrogens (tertiary/aromatic N) is 1. The molecule has 0 aliphatic rings. The number of carbonyl (C=O) groups is 1. The van der Waals surface area contributed by atoms with E-state index < -0.39 is 0 Å². The van der Waals surface area contributed by atoms with Crippen LogP contribution in [0.2, 0.25) is 0 Å². The van der Waals surface area contributed by atoms with E-state index >= 15 is 0 Å². The number of halogens is 1. The molecular weight excluding hydrogens is 254 g/mol. The summed E-state index contributed by atoms with van der Waals surface area (Å²) < 4.78 is 3.11. The Bertz CT molecular complexity index is 528. The van der Waals surface area contributed by atoms with Crippen molar-refractivity contribution in [3.8, 4) is 0 Å². The number of hydrogen-bond acceptors (Lipinski definition) is 1. The Hall–Kier alpha value is -1.09. The fourth-order valence-corrected chi connectivity index (χ4v) is 2.64. The molecule has 0 spiro atoms. The molecule has 0 unspecified atom stereocenters. The fraction of sp³-hybridized carbons (Fsp3) is 0.250. The largest absolute Gasteiger partial charge is 0.350 e. The number of aromatic nitrogens is 1. The Kier molecular flexibility index (Phi) is 2.65. The first kappa shape index (κ1) is 10.4. The molecule has 0 bridgehead atoms. The van der Waals surface area contributed by atoms with Crippen LogP contribution in [-0.2, 0) is 18.3 Å². The summed E-state index contributed by atoms with van der Waals surface area (Å²) >= 11 is 3.54. The Morgan fingerprint density at radius 2 is 2.20 bits per heavy atom. The summed E-state index contributed by atoms with van der Waals surface area (Å²) in [4.78, 5) is 11.0. The number of hydrogen-bond donors (Lipinski definition) is 0. The summed E-state index contributed by atoms with van der Waals surface area (Å²) in [5.41, 5.74) is 2.23. The molecule has 0 atom stereocenters. The molecule has 0 aliphatic carbocycles. The van der Waals surface area contributed by atoms with Gasteiger partial charge in [-0.25, -0.2) is 0 Å². The molecule has 1 heterocycles. The molecule has 0 N–H and O–H groups in total. The molecule has 1 aromatic heterocycles. The number of rotatable bonds is 2. The minimum absolute atomic E-state index is 0.192. The standard InChI is InChI=1S/C12H12BrNO/c1-8(15)5-9-6-10-3-4-14(2)12(10)11(13)7-9/h3-4,6-7H,5H2,1-2H3. The second kappa shape index (κ2) is 3.81. The van der Waals surface area contributed by atoms with E-state index in [1.54, 1.807) is 6.92 Å². The monoisotopic (exact) mass is 265 g/mol. The lowest BCUT2D eigenvalue weighted by Gasteiger charge is -2.03. The highest BCUT2D eigenvalue weighted by Gasteiger charge is 2.06. The maximum atomic E-state index is 11.0. The number of fused-ring (bicyclic) bond motifs is 1. The Morgan fingerprint density at radius 1 is 1.47 bits per heavy atom. The third-order valence-electron chi connectivity index (χ3n) is 2.44. The van der Waals surface area contributed by atoms with Gasteiger partial charge in [0.15, 0.2) is 0 Å². The van der Waals surface area contributed by atoms with Gasteiger partial charge < -0.3 is 4.57 Å². The van der Waals surface area contributed by atoms with Crippen LogP contribution >= 0.6 is 15.9 Å². The molecule has 78 valence electrons. The van der Waals surface area contributed by atoms with Gasteiger partial charge in [-0.15, -0.1) is 0 Å². The second-order valence-corrected chi connectivity index (χ2v) is 4.68. The van der Waals surface area contributed by atoms with Gasteiger partial charge in [0.05, 0.1) is 5.52 Å². The molecule has 2 rings (SSSR count). The van der Waals surface area contributed by atoms with Crippen LogP contribution in [0, 0.1) is 0 Å². The summed E-state index contributed by atoms with van der Waals surface area (Å²) in [7, 11) is 2.01. The van der Waals surface area contributed by atoms with E-state index in [0.29, 0.717) is 6.42 Å². The average molecular weight is 266 g/mol. The highest BCUT2D eigenvalue weighted by Crippen LogP contribution is 2.26. The molecule has 0 saturated carbocycles. The lowest BCUT2D eigenvalue weighted by molar-refractivity contribution is -0.116. The van der Waals surface area contributed by atoms with Crippen LogP contribution in [0.1, 0.15) is 12.5 Å². The number of benzene rings is 1. The molecule has 0 amide bonds. The zero-order chi connectivity index (χ0) is 11.0. The summed E-state index contributed by atoms with van der Waals surface area (Å²) in [5.74, 6) is 0.192. The fourth-order valence-electron chi connectivity index (χ4n) is 1.83. The van der Waals surface area contributed by atoms with Crippen LogP contribution in [0.25, 0.3) is 10.9 Å². The van der Waals surface area contributed by atoms with Gasteiger partial charge in [0.2, 0.25) is 0 Å². The predicted octanol–water partition coefficient (Wildman–Crippen LogP) is 3.07. The van der Waals surface area contributed by atoms with E-state index in [4.69, 9.17) is 0 Å². The number of ketones is 1. The van der Waals surface area contributed by atoms with Crippen LogP contribution in [0.5, 0.6) is 0 Å². The summed E-state index contributed by atoms with van der Waals surface area (Å²) in [6.45, 7) is 1.61. The Balaban J connectivity index is 2.58. The number of carbonyl (C=O) groups excluding carboxylic acids is 1. The van der Waals surface area contributed by atoms with Crippen molar-refractivity contribution in [1.29, 1.82) is 0 Å². The molecule has 3 heteroatoms. The van der Waals surface area contributed by atoms with Crippen molar-refractivity contribution in [2.45, 2.75) is 13.3 Å². The SMILES string of the molecule is CC(=O)Cc1cc(Br)c2c(ccn2C)c1. The van der Waals surface area contributed by atoms with Gasteiger partial charge in [-0.05, 0) is 46.6 Å². The molecule has 2 aromatic rings. The predicted molar refractivity (Wildman–Crippen MR) is 65.0 cm³/mol. The highest BCUT2D eigenvalue weighted by molar-refractivity contribution is 9.10. The van der Waals surface area contributed by atoms with Crippen molar-refractivity contribution in [2.24, 2.45) is 7.05 Å². The third-order valence-corrected chi connectivity index (χ3v) is 3.04. The number of Topliss-reactive ketones (excluding diaryl/α,β-unsaturated/α-hetero) is 1. The lowest BCUT2D eigenvalue weighted by Crippen LogP contribution is -1.96. The van der Waals surface area contributed by atoms with Crippen LogP contribution in [0.3, 0.4) is 0 Å². The molecule has 0 aliphatic heterocycles. The van der Waals surface area contributed by atoms with Crippen molar-refractivity contribution >= 4 is 32.6 Å². The quantitative estimate of drug-likeness (QED) is 0.818. The molecule has 0 fully saturated rings. The number of aryl methyl sites for hydroxylation is 1. The lowest BCUT2D eigenvalue weighted by atomic mass is 10.1. The molecule has 0 saturated heterocycles. The summed E-state index contributed by atoms with van der Waals surface area (Å²) in [5, 5.41) is 1.17. The van der Waals surface area contributed by atoms with Crippen LogP contribution in [-0.4, -0.2) is 10.4 Å². The first-order valence-electron chi connectivity index (χ1n) is 4.81. The Morgan fingerprint density at radius 3 is 2.87 bits per heavy atom. The van der Waals surface area contributed by atoms with Crippen LogP contribution in [0.15, 0.2) is 28.9 Å². The van der Waals surface area contributed by atoms with Crippen molar-refractivity contribution in [2.75, 3.05) is 0 Å². The van der Waals surface area contributed by atoms with Gasteiger partial charge in [0, 0.05) is 29.5 Å². The van der Waals surface area contributed by atoms with Crippen molar-refractivity contribution in [3.05, 3.63) is 34.4 Å². The smallest absolute Gasteiger partial charge is 0.134 e. The van der Waals surface area contributed by atoms with E-state index in [9.17, 15) is 4.79 Å². The Labute approximate surface area is 97.0 Å².